The summed E-state index contributed by atoms with van der Waals surface area (Å²) in [7, 11) is 3.75. The molecule has 1 aromatic rings. The Labute approximate surface area is 78.4 Å². The van der Waals surface area contributed by atoms with E-state index < -0.39 is 5.97 Å². The van der Waals surface area contributed by atoms with Crippen LogP contribution in [-0.4, -0.2) is 20.1 Å². The van der Waals surface area contributed by atoms with Gasteiger partial charge in [-0.05, 0) is 19.7 Å². The van der Waals surface area contributed by atoms with Crippen LogP contribution >= 0.6 is 0 Å². The lowest BCUT2D eigenvalue weighted by atomic mass is 10.2. The molecular weight excluding hydrogens is 166 g/mol. The van der Waals surface area contributed by atoms with Gasteiger partial charge in [-0.2, -0.15) is 0 Å². The van der Waals surface area contributed by atoms with E-state index >= 15 is 0 Å². The maximum Gasteiger partial charge on any atom is 0.0458 e. The predicted molar refractivity (Wildman–Crippen MR) is 50.1 cm³/mol. The monoisotopic (exact) mass is 180 g/mol. The van der Waals surface area contributed by atoms with Crippen molar-refractivity contribution in [3.05, 3.63) is 35.9 Å². The van der Waals surface area contributed by atoms with Crippen molar-refractivity contribution in [3.63, 3.8) is 0 Å². The summed E-state index contributed by atoms with van der Waals surface area (Å²) in [6, 6.07) is 8.97. The van der Waals surface area contributed by atoms with Crippen LogP contribution in [0.1, 0.15) is 5.56 Å². The number of carbonyl (C=O) groups excluding carboxylic acids is 1. The van der Waals surface area contributed by atoms with Crippen molar-refractivity contribution in [3.8, 4) is 0 Å². The zero-order chi connectivity index (χ0) is 10.1. The molecule has 0 bridgehead atoms. The number of carboxylic acids is 1. The Bertz CT molecular complexity index is 234. The normalized spacial score (nSPS) is 8.46. The molecule has 0 saturated carbocycles. The highest BCUT2D eigenvalue weighted by Gasteiger charge is 1.88. The Kier molecular flexibility index (Phi) is 6.55. The molecule has 1 rings (SSSR count). The van der Waals surface area contributed by atoms with E-state index in [0.29, 0.717) is 0 Å². The maximum atomic E-state index is 10.1. The molecule has 3 heteroatoms. The summed E-state index contributed by atoms with van der Waals surface area (Å²) in [6.45, 7) is 0. The van der Waals surface area contributed by atoms with Crippen molar-refractivity contribution < 1.29 is 9.90 Å². The Morgan fingerprint density at radius 3 is 2.15 bits per heavy atom. The second-order valence-corrected chi connectivity index (χ2v) is 2.53. The standard InChI is InChI=1S/C8H8O2.C2H7N/c9-8(10)6-7-4-2-1-3-5-7;1-3-2/h1-5H,6H2,(H,9,10);3H,1-2H3/p-1. The number of carboxylic acid groups (broad SMARTS) is 1. The fourth-order valence-corrected chi connectivity index (χ4v) is 0.763. The van der Waals surface area contributed by atoms with Gasteiger partial charge >= 0.3 is 0 Å². The van der Waals surface area contributed by atoms with Crippen LogP contribution in [0.2, 0.25) is 0 Å². The van der Waals surface area contributed by atoms with Crippen molar-refractivity contribution in [1.82, 2.24) is 5.32 Å². The molecule has 0 fully saturated rings. The van der Waals surface area contributed by atoms with E-state index in [0.717, 1.165) is 5.56 Å². The Morgan fingerprint density at radius 2 is 1.77 bits per heavy atom. The first-order valence-corrected chi connectivity index (χ1v) is 4.03. The van der Waals surface area contributed by atoms with Gasteiger partial charge in [0.1, 0.15) is 0 Å². The third-order valence-corrected chi connectivity index (χ3v) is 1.19. The van der Waals surface area contributed by atoms with Gasteiger partial charge in [-0.15, -0.1) is 0 Å². The average Bonchev–Trinajstić information content (AvgIpc) is 2.06. The van der Waals surface area contributed by atoms with Crippen molar-refractivity contribution in [2.24, 2.45) is 0 Å². The fraction of sp³-hybridized carbons (Fsp3) is 0.300. The molecule has 0 aromatic heterocycles. The number of carbonyl (C=O) groups is 1. The Balaban J connectivity index is 0.000000424. The van der Waals surface area contributed by atoms with E-state index in [9.17, 15) is 9.90 Å². The van der Waals surface area contributed by atoms with Crippen LogP contribution in [0.5, 0.6) is 0 Å². The summed E-state index contributed by atoms with van der Waals surface area (Å²) in [6.07, 6.45) is 0.000833. The minimum absolute atomic E-state index is 0.000833. The molecule has 0 atom stereocenters. The topological polar surface area (TPSA) is 52.2 Å². The minimum Gasteiger partial charge on any atom is -0.550 e. The van der Waals surface area contributed by atoms with Gasteiger partial charge in [-0.1, -0.05) is 30.3 Å². The summed E-state index contributed by atoms with van der Waals surface area (Å²) < 4.78 is 0. The largest absolute Gasteiger partial charge is 0.550 e. The molecule has 1 aromatic carbocycles. The number of aliphatic carboxylic acids is 1. The highest BCUT2D eigenvalue weighted by atomic mass is 16.4. The first-order chi connectivity index (χ1) is 6.20. The van der Waals surface area contributed by atoms with Gasteiger partial charge in [-0.3, -0.25) is 0 Å². The molecule has 0 radical (unpaired) electrons. The van der Waals surface area contributed by atoms with Crippen molar-refractivity contribution >= 4 is 5.97 Å². The van der Waals surface area contributed by atoms with Crippen LogP contribution in [-0.2, 0) is 11.2 Å². The molecule has 0 aliphatic heterocycles. The van der Waals surface area contributed by atoms with Crippen LogP contribution in [0.25, 0.3) is 0 Å². The molecule has 0 spiro atoms. The third-order valence-electron chi connectivity index (χ3n) is 1.19. The van der Waals surface area contributed by atoms with Crippen molar-refractivity contribution in [1.29, 1.82) is 0 Å². The van der Waals surface area contributed by atoms with Crippen LogP contribution < -0.4 is 10.4 Å². The second kappa shape index (κ2) is 7.31. The zero-order valence-electron chi connectivity index (χ0n) is 7.91. The van der Waals surface area contributed by atoms with E-state index in [2.05, 4.69) is 5.32 Å². The first-order valence-electron chi connectivity index (χ1n) is 4.03. The molecule has 0 aliphatic carbocycles. The molecule has 1 N–H and O–H groups in total. The fourth-order valence-electron chi connectivity index (χ4n) is 0.763. The molecule has 0 heterocycles. The maximum absolute atomic E-state index is 10.1. The minimum atomic E-state index is -1.04. The molecule has 0 unspecified atom stereocenters. The summed E-state index contributed by atoms with van der Waals surface area (Å²) >= 11 is 0. The first kappa shape index (κ1) is 11.6. The van der Waals surface area contributed by atoms with E-state index in [1.165, 1.54) is 0 Å². The highest BCUT2D eigenvalue weighted by molar-refractivity contribution is 5.67. The van der Waals surface area contributed by atoms with Gasteiger partial charge in [0.2, 0.25) is 0 Å². The number of rotatable bonds is 2. The molecule has 13 heavy (non-hydrogen) atoms. The number of hydrogen-bond donors (Lipinski definition) is 1. The van der Waals surface area contributed by atoms with Gasteiger partial charge in [0.05, 0.1) is 0 Å². The van der Waals surface area contributed by atoms with E-state index in [-0.39, 0.29) is 6.42 Å². The molecule has 0 saturated heterocycles. The SMILES string of the molecule is CNC.O=C([O-])Cc1ccccc1. The van der Waals surface area contributed by atoms with Crippen LogP contribution in [0, 0.1) is 0 Å². The lowest BCUT2D eigenvalue weighted by Crippen LogP contribution is -2.24. The van der Waals surface area contributed by atoms with E-state index in [4.69, 9.17) is 0 Å². The predicted octanol–water partition coefficient (Wildman–Crippen LogP) is -0.185. The van der Waals surface area contributed by atoms with Gasteiger partial charge in [0.25, 0.3) is 0 Å². The average molecular weight is 180 g/mol. The van der Waals surface area contributed by atoms with Gasteiger partial charge in [-0.25, -0.2) is 0 Å². The number of nitrogens with one attached hydrogen (secondary N) is 1. The molecule has 0 amide bonds. The summed E-state index contributed by atoms with van der Waals surface area (Å²) in [5.74, 6) is -1.04. The van der Waals surface area contributed by atoms with Crippen molar-refractivity contribution in [2.45, 2.75) is 6.42 Å². The molecule has 72 valence electrons. The summed E-state index contributed by atoms with van der Waals surface area (Å²) in [5.41, 5.74) is 0.780. The smallest absolute Gasteiger partial charge is 0.0458 e. The van der Waals surface area contributed by atoms with Crippen LogP contribution in [0.3, 0.4) is 0 Å². The molecule has 3 nitrogen and oxygen atoms in total. The van der Waals surface area contributed by atoms with E-state index in [1.807, 2.05) is 20.2 Å². The Hall–Kier alpha value is -1.35. The number of hydrogen-bond acceptors (Lipinski definition) is 3. The quantitative estimate of drug-likeness (QED) is 0.686. The van der Waals surface area contributed by atoms with Crippen LogP contribution in [0.4, 0.5) is 0 Å². The molecular formula is C10H14NO2-. The van der Waals surface area contributed by atoms with Crippen molar-refractivity contribution in [2.75, 3.05) is 14.1 Å². The van der Waals surface area contributed by atoms with Gasteiger partial charge < -0.3 is 15.2 Å². The zero-order valence-corrected chi connectivity index (χ0v) is 7.91. The van der Waals surface area contributed by atoms with Gasteiger partial charge in [0, 0.05) is 12.4 Å². The van der Waals surface area contributed by atoms with Crippen LogP contribution in [0.15, 0.2) is 30.3 Å². The lowest BCUT2D eigenvalue weighted by Gasteiger charge is -1.99. The Morgan fingerprint density at radius 1 is 1.31 bits per heavy atom. The van der Waals surface area contributed by atoms with Gasteiger partial charge in [0.15, 0.2) is 0 Å². The van der Waals surface area contributed by atoms with E-state index in [1.54, 1.807) is 24.3 Å². The lowest BCUT2D eigenvalue weighted by molar-refractivity contribution is -0.304. The molecule has 0 aliphatic rings. The summed E-state index contributed by atoms with van der Waals surface area (Å²) in [4.78, 5) is 10.1. The third kappa shape index (κ3) is 7.03. The highest BCUT2D eigenvalue weighted by Crippen LogP contribution is 1.97. The second-order valence-electron chi connectivity index (χ2n) is 2.53. The summed E-state index contributed by atoms with van der Waals surface area (Å²) in [5, 5.41) is 12.8. The number of benzene rings is 1.